The average molecular weight is 209 g/mol. The first kappa shape index (κ1) is 9.84. The highest BCUT2D eigenvalue weighted by Crippen LogP contribution is 2.25. The third-order valence-electron chi connectivity index (χ3n) is 2.87. The first-order valence-electron chi connectivity index (χ1n) is 5.27. The van der Waals surface area contributed by atoms with E-state index in [0.29, 0.717) is 18.1 Å². The number of hydrogen-bond acceptors (Lipinski definition) is 3. The van der Waals surface area contributed by atoms with Crippen molar-refractivity contribution in [3.05, 3.63) is 16.6 Å². The van der Waals surface area contributed by atoms with Gasteiger partial charge in [0.1, 0.15) is 5.78 Å². The molecule has 0 spiro atoms. The molecule has 1 aliphatic rings. The van der Waals surface area contributed by atoms with E-state index in [4.69, 9.17) is 0 Å². The fraction of sp³-hybridized carbons (Fsp3) is 0.636. The molecule has 2 nitrogen and oxygen atoms in total. The monoisotopic (exact) mass is 209 g/mol. The van der Waals surface area contributed by atoms with Crippen molar-refractivity contribution in [2.45, 2.75) is 38.5 Å². The van der Waals surface area contributed by atoms with E-state index in [1.54, 1.807) is 17.5 Å². The topological polar surface area (TPSA) is 30.0 Å². The largest absolute Gasteiger partial charge is 0.299 e. The summed E-state index contributed by atoms with van der Waals surface area (Å²) < 4.78 is 0. The van der Waals surface area contributed by atoms with Crippen molar-refractivity contribution >= 4 is 17.1 Å². The summed E-state index contributed by atoms with van der Waals surface area (Å²) in [7, 11) is 0. The van der Waals surface area contributed by atoms with E-state index in [2.05, 4.69) is 4.98 Å². The number of rotatable bonds is 3. The van der Waals surface area contributed by atoms with Crippen molar-refractivity contribution in [3.8, 4) is 0 Å². The molecule has 1 heterocycles. The van der Waals surface area contributed by atoms with Crippen molar-refractivity contribution in [2.24, 2.45) is 5.92 Å². The van der Waals surface area contributed by atoms with E-state index >= 15 is 0 Å². The predicted molar refractivity (Wildman–Crippen MR) is 57.4 cm³/mol. The fourth-order valence-corrected chi connectivity index (χ4v) is 2.68. The van der Waals surface area contributed by atoms with Crippen LogP contribution in [0, 0.1) is 5.92 Å². The second kappa shape index (κ2) is 4.69. The molecule has 14 heavy (non-hydrogen) atoms. The summed E-state index contributed by atoms with van der Waals surface area (Å²) in [6, 6.07) is 0. The number of thiazole rings is 1. The molecule has 1 aromatic rings. The van der Waals surface area contributed by atoms with Gasteiger partial charge in [0.15, 0.2) is 0 Å². The fourth-order valence-electron chi connectivity index (χ4n) is 2.06. The molecule has 2 rings (SSSR count). The molecular weight excluding hydrogens is 194 g/mol. The van der Waals surface area contributed by atoms with Crippen LogP contribution in [0.15, 0.2) is 11.6 Å². The Morgan fingerprint density at radius 3 is 2.86 bits per heavy atom. The summed E-state index contributed by atoms with van der Waals surface area (Å²) in [5.74, 6) is 0.729. The van der Waals surface area contributed by atoms with Crippen LogP contribution in [0.5, 0.6) is 0 Å². The number of nitrogens with zero attached hydrogens (tertiary/aromatic N) is 1. The lowest BCUT2D eigenvalue weighted by Gasteiger charge is -2.19. The zero-order chi connectivity index (χ0) is 9.80. The molecule has 0 amide bonds. The lowest BCUT2D eigenvalue weighted by Crippen LogP contribution is -2.19. The number of hydrogen-bond donors (Lipinski definition) is 0. The molecule has 0 aromatic carbocycles. The Morgan fingerprint density at radius 1 is 1.43 bits per heavy atom. The van der Waals surface area contributed by atoms with Crippen LogP contribution in [0.1, 0.15) is 37.1 Å². The van der Waals surface area contributed by atoms with Crippen molar-refractivity contribution < 1.29 is 4.79 Å². The van der Waals surface area contributed by atoms with Crippen LogP contribution in [-0.4, -0.2) is 10.8 Å². The van der Waals surface area contributed by atoms with Crippen LogP contribution in [0.2, 0.25) is 0 Å². The van der Waals surface area contributed by atoms with Crippen LogP contribution in [0.4, 0.5) is 0 Å². The second-order valence-corrected chi connectivity index (χ2v) is 4.88. The Kier molecular flexibility index (Phi) is 3.30. The molecule has 1 aliphatic carbocycles. The first-order valence-corrected chi connectivity index (χ1v) is 6.15. The molecule has 76 valence electrons. The third-order valence-corrected chi connectivity index (χ3v) is 3.65. The zero-order valence-corrected chi connectivity index (χ0v) is 9.05. The average Bonchev–Trinajstić information content (AvgIpc) is 2.72. The zero-order valence-electron chi connectivity index (χ0n) is 8.24. The Bertz CT molecular complexity index is 288. The van der Waals surface area contributed by atoms with Gasteiger partial charge >= 0.3 is 0 Å². The van der Waals surface area contributed by atoms with Gasteiger partial charge in [-0.1, -0.05) is 19.3 Å². The Balaban J connectivity index is 1.88. The molecule has 1 fully saturated rings. The lowest BCUT2D eigenvalue weighted by molar-refractivity contribution is -0.123. The van der Waals surface area contributed by atoms with Crippen molar-refractivity contribution in [1.29, 1.82) is 0 Å². The number of Topliss-reactive ketones (excluding diaryl/α,β-unsaturated/α-hetero) is 1. The van der Waals surface area contributed by atoms with Gasteiger partial charge in [0.2, 0.25) is 0 Å². The van der Waals surface area contributed by atoms with Crippen LogP contribution >= 0.6 is 11.3 Å². The van der Waals surface area contributed by atoms with Gasteiger partial charge < -0.3 is 0 Å². The lowest BCUT2D eigenvalue weighted by atomic mass is 9.85. The smallest absolute Gasteiger partial charge is 0.142 e. The molecule has 0 bridgehead atoms. The molecule has 0 aliphatic heterocycles. The summed E-state index contributed by atoms with van der Waals surface area (Å²) in [6.45, 7) is 0. The minimum atomic E-state index is 0.327. The Morgan fingerprint density at radius 2 is 2.21 bits per heavy atom. The van der Waals surface area contributed by atoms with Crippen LogP contribution in [-0.2, 0) is 11.2 Å². The Labute approximate surface area is 88.4 Å². The van der Waals surface area contributed by atoms with Gasteiger partial charge in [-0.25, -0.2) is 4.98 Å². The van der Waals surface area contributed by atoms with E-state index in [-0.39, 0.29) is 0 Å². The van der Waals surface area contributed by atoms with Gasteiger partial charge in [0, 0.05) is 17.5 Å². The predicted octanol–water partition coefficient (Wildman–Crippen LogP) is 2.84. The molecule has 0 N–H and O–H groups in total. The van der Waals surface area contributed by atoms with E-state index < -0.39 is 0 Å². The quantitative estimate of drug-likeness (QED) is 0.766. The normalized spacial score (nSPS) is 18.3. The highest BCUT2D eigenvalue weighted by molar-refractivity contribution is 7.09. The van der Waals surface area contributed by atoms with E-state index in [1.807, 2.05) is 5.38 Å². The summed E-state index contributed by atoms with van der Waals surface area (Å²) in [4.78, 5) is 16.0. The third kappa shape index (κ3) is 2.41. The van der Waals surface area contributed by atoms with Crippen molar-refractivity contribution in [2.75, 3.05) is 0 Å². The molecule has 1 saturated carbocycles. The maximum atomic E-state index is 11.8. The van der Waals surface area contributed by atoms with Gasteiger partial charge in [-0.05, 0) is 12.8 Å². The van der Waals surface area contributed by atoms with Crippen molar-refractivity contribution in [1.82, 2.24) is 4.98 Å². The first-order chi connectivity index (χ1) is 6.86. The molecular formula is C11H15NOS. The van der Waals surface area contributed by atoms with Gasteiger partial charge in [0.05, 0.1) is 11.4 Å². The van der Waals surface area contributed by atoms with E-state index in [9.17, 15) is 4.79 Å². The highest BCUT2D eigenvalue weighted by atomic mass is 32.1. The maximum Gasteiger partial charge on any atom is 0.142 e. The minimum Gasteiger partial charge on any atom is -0.299 e. The highest BCUT2D eigenvalue weighted by Gasteiger charge is 2.21. The SMILES string of the molecule is O=C(Cc1nccs1)C1CCCCC1. The van der Waals surface area contributed by atoms with Gasteiger partial charge in [-0.3, -0.25) is 4.79 Å². The number of aromatic nitrogens is 1. The molecule has 0 atom stereocenters. The second-order valence-electron chi connectivity index (χ2n) is 3.90. The molecule has 1 aromatic heterocycles. The molecule has 0 radical (unpaired) electrons. The van der Waals surface area contributed by atoms with Crippen LogP contribution < -0.4 is 0 Å². The standard InChI is InChI=1S/C11H15NOS/c13-10(8-11-12-6-7-14-11)9-4-2-1-3-5-9/h6-7,9H,1-5,8H2. The molecule has 3 heteroatoms. The maximum absolute atomic E-state index is 11.8. The number of carbonyl (C=O) groups is 1. The Hall–Kier alpha value is -0.700. The van der Waals surface area contributed by atoms with E-state index in [1.165, 1.54) is 19.3 Å². The summed E-state index contributed by atoms with van der Waals surface area (Å²) in [6.07, 6.45) is 8.30. The van der Waals surface area contributed by atoms with E-state index in [0.717, 1.165) is 17.8 Å². The van der Waals surface area contributed by atoms with Gasteiger partial charge in [-0.2, -0.15) is 0 Å². The molecule has 0 saturated heterocycles. The summed E-state index contributed by atoms with van der Waals surface area (Å²) in [5.41, 5.74) is 0. The minimum absolute atomic E-state index is 0.327. The van der Waals surface area contributed by atoms with Crippen LogP contribution in [0.25, 0.3) is 0 Å². The van der Waals surface area contributed by atoms with Crippen LogP contribution in [0.3, 0.4) is 0 Å². The van der Waals surface area contributed by atoms with Gasteiger partial charge in [0.25, 0.3) is 0 Å². The number of ketones is 1. The summed E-state index contributed by atoms with van der Waals surface area (Å²) in [5, 5.41) is 2.91. The summed E-state index contributed by atoms with van der Waals surface area (Å²) >= 11 is 1.58. The van der Waals surface area contributed by atoms with Gasteiger partial charge in [-0.15, -0.1) is 11.3 Å². The number of carbonyl (C=O) groups excluding carboxylic acids is 1. The molecule has 0 unspecified atom stereocenters. The van der Waals surface area contributed by atoms with Crippen molar-refractivity contribution in [3.63, 3.8) is 0 Å².